The van der Waals surface area contributed by atoms with Crippen LogP contribution in [-0.4, -0.2) is 22.4 Å². The maximum absolute atomic E-state index is 12.6. The van der Waals surface area contributed by atoms with Gasteiger partial charge in [0.1, 0.15) is 5.54 Å². The Labute approximate surface area is 155 Å². The van der Waals surface area contributed by atoms with Crippen molar-refractivity contribution in [2.75, 3.05) is 0 Å². The number of carbonyl (C=O) groups is 2. The summed E-state index contributed by atoms with van der Waals surface area (Å²) in [6, 6.07) is 19.8. The van der Waals surface area contributed by atoms with Gasteiger partial charge in [-0.15, -0.1) is 0 Å². The first-order valence-electron chi connectivity index (χ1n) is 9.30. The van der Waals surface area contributed by atoms with Crippen LogP contribution in [0.5, 0.6) is 0 Å². The molecule has 1 N–H and O–H groups in total. The van der Waals surface area contributed by atoms with Gasteiger partial charge < -0.3 is 4.90 Å². The number of nitrogens with zero attached hydrogens (tertiary/aromatic N) is 1. The van der Waals surface area contributed by atoms with Gasteiger partial charge in [-0.2, -0.15) is 0 Å². The number of imide groups is 1. The van der Waals surface area contributed by atoms with Crippen molar-refractivity contribution in [1.82, 2.24) is 10.2 Å². The third-order valence-electron chi connectivity index (χ3n) is 5.31. The highest BCUT2D eigenvalue weighted by Crippen LogP contribution is 2.37. The Morgan fingerprint density at radius 2 is 1.62 bits per heavy atom. The predicted octanol–water partition coefficient (Wildman–Crippen LogP) is 4.47. The Hall–Kier alpha value is -2.62. The first-order valence-corrected chi connectivity index (χ1v) is 9.30. The Morgan fingerprint density at radius 3 is 2.23 bits per heavy atom. The quantitative estimate of drug-likeness (QED) is 0.749. The number of hydrogen-bond donors (Lipinski definition) is 1. The molecule has 26 heavy (non-hydrogen) atoms. The maximum atomic E-state index is 12.6. The van der Waals surface area contributed by atoms with E-state index in [1.165, 1.54) is 5.56 Å². The molecule has 0 aliphatic carbocycles. The summed E-state index contributed by atoms with van der Waals surface area (Å²) >= 11 is 0. The highest BCUT2D eigenvalue weighted by Gasteiger charge is 2.51. The van der Waals surface area contributed by atoms with Gasteiger partial charge in [0.25, 0.3) is 5.91 Å². The lowest BCUT2D eigenvalue weighted by molar-refractivity contribution is -0.127. The van der Waals surface area contributed by atoms with E-state index < -0.39 is 5.54 Å². The van der Waals surface area contributed by atoms with Crippen LogP contribution < -0.4 is 5.32 Å². The summed E-state index contributed by atoms with van der Waals surface area (Å²) in [7, 11) is 0. The number of benzene rings is 2. The Kier molecular flexibility index (Phi) is 5.40. The van der Waals surface area contributed by atoms with Crippen LogP contribution >= 0.6 is 0 Å². The van der Waals surface area contributed by atoms with Gasteiger partial charge in [0.05, 0.1) is 6.04 Å². The molecule has 2 aromatic rings. The highest BCUT2D eigenvalue weighted by atomic mass is 16.2. The lowest BCUT2D eigenvalue weighted by Crippen LogP contribution is -2.48. The second-order valence-corrected chi connectivity index (χ2v) is 7.08. The molecule has 4 heteroatoms. The van der Waals surface area contributed by atoms with Crippen molar-refractivity contribution in [3.8, 4) is 0 Å². The summed E-state index contributed by atoms with van der Waals surface area (Å²) < 4.78 is 0. The molecule has 0 bridgehead atoms. The zero-order chi connectivity index (χ0) is 18.6. The zero-order valence-electron chi connectivity index (χ0n) is 15.4. The molecule has 2 atom stereocenters. The average Bonchev–Trinajstić information content (AvgIpc) is 2.88. The fraction of sp³-hybridized carbons (Fsp3) is 0.364. The van der Waals surface area contributed by atoms with Crippen molar-refractivity contribution >= 4 is 11.9 Å². The van der Waals surface area contributed by atoms with Crippen LogP contribution in [0.3, 0.4) is 0 Å². The molecule has 1 heterocycles. The smallest absolute Gasteiger partial charge is 0.303 e. The van der Waals surface area contributed by atoms with Crippen molar-refractivity contribution in [2.45, 2.75) is 51.1 Å². The second-order valence-electron chi connectivity index (χ2n) is 7.08. The third kappa shape index (κ3) is 3.50. The van der Waals surface area contributed by atoms with Crippen LogP contribution in [0.25, 0.3) is 0 Å². The van der Waals surface area contributed by atoms with E-state index in [1.54, 1.807) is 4.90 Å². The molecule has 1 aliphatic heterocycles. The van der Waals surface area contributed by atoms with Crippen LogP contribution in [0.15, 0.2) is 60.7 Å². The van der Waals surface area contributed by atoms with E-state index in [2.05, 4.69) is 24.4 Å². The van der Waals surface area contributed by atoms with E-state index in [1.807, 2.05) is 55.5 Å². The number of carbonyl (C=O) groups excluding carboxylic acids is 2. The minimum atomic E-state index is -0.817. The van der Waals surface area contributed by atoms with Crippen molar-refractivity contribution in [3.63, 3.8) is 0 Å². The largest absolute Gasteiger partial charge is 0.325 e. The first-order chi connectivity index (χ1) is 12.6. The monoisotopic (exact) mass is 350 g/mol. The first kappa shape index (κ1) is 18.2. The Bertz CT molecular complexity index is 760. The number of hydrogen-bond acceptors (Lipinski definition) is 2. The number of rotatable bonds is 7. The fourth-order valence-electron chi connectivity index (χ4n) is 3.87. The van der Waals surface area contributed by atoms with Crippen LogP contribution in [0.2, 0.25) is 0 Å². The van der Waals surface area contributed by atoms with Crippen molar-refractivity contribution in [2.24, 2.45) is 0 Å². The van der Waals surface area contributed by atoms with Crippen LogP contribution in [0.1, 0.15) is 50.3 Å². The van der Waals surface area contributed by atoms with Crippen LogP contribution in [0.4, 0.5) is 4.79 Å². The van der Waals surface area contributed by atoms with Crippen LogP contribution in [-0.2, 0) is 11.2 Å². The van der Waals surface area contributed by atoms with Gasteiger partial charge in [0.2, 0.25) is 0 Å². The Balaban J connectivity index is 1.80. The van der Waals surface area contributed by atoms with Crippen molar-refractivity contribution in [3.05, 3.63) is 71.8 Å². The molecule has 1 aliphatic rings. The number of urea groups is 1. The molecule has 136 valence electrons. The van der Waals surface area contributed by atoms with Gasteiger partial charge in [0.15, 0.2) is 0 Å². The molecule has 1 fully saturated rings. The minimum absolute atomic E-state index is 0.107. The van der Waals surface area contributed by atoms with Gasteiger partial charge in [-0.1, -0.05) is 67.6 Å². The molecule has 3 rings (SSSR count). The summed E-state index contributed by atoms with van der Waals surface area (Å²) in [6.07, 6.45) is 3.15. The number of aryl methyl sites for hydroxylation is 1. The number of nitrogens with one attached hydrogen (secondary N) is 1. The van der Waals surface area contributed by atoms with Crippen molar-refractivity contribution in [1.29, 1.82) is 0 Å². The SMILES string of the molecule is CC[C@@H](c1ccccc1)N1C(=O)NC(=O)[C@]1(C)CCCc1ccccc1. The summed E-state index contributed by atoms with van der Waals surface area (Å²) in [5, 5.41) is 2.54. The standard InChI is InChI=1S/C22H26N2O2/c1-3-19(18-14-8-5-9-15-18)24-21(26)23-20(25)22(24,2)16-10-13-17-11-6-4-7-12-17/h4-9,11-12,14-15,19H,3,10,13,16H2,1-2H3,(H,23,25,26)/t19-,22-/m0/s1. The summed E-state index contributed by atoms with van der Waals surface area (Å²) in [5.74, 6) is -0.190. The van der Waals surface area contributed by atoms with E-state index in [0.29, 0.717) is 6.42 Å². The molecule has 0 aromatic heterocycles. The summed E-state index contributed by atoms with van der Waals surface area (Å²) in [6.45, 7) is 3.95. The third-order valence-corrected chi connectivity index (χ3v) is 5.31. The van der Waals surface area contributed by atoms with E-state index in [9.17, 15) is 9.59 Å². The van der Waals surface area contributed by atoms with Gasteiger partial charge in [-0.25, -0.2) is 4.79 Å². The maximum Gasteiger partial charge on any atom is 0.325 e. The van der Waals surface area contributed by atoms with Gasteiger partial charge in [0, 0.05) is 0 Å². The minimum Gasteiger partial charge on any atom is -0.303 e. The molecule has 4 nitrogen and oxygen atoms in total. The average molecular weight is 350 g/mol. The van der Waals surface area contributed by atoms with E-state index in [4.69, 9.17) is 0 Å². The Morgan fingerprint density at radius 1 is 1.00 bits per heavy atom. The van der Waals surface area contributed by atoms with E-state index >= 15 is 0 Å². The molecule has 0 unspecified atom stereocenters. The molecular weight excluding hydrogens is 324 g/mol. The highest BCUT2D eigenvalue weighted by molar-refractivity contribution is 6.06. The summed E-state index contributed by atoms with van der Waals surface area (Å²) in [5.41, 5.74) is 1.50. The molecular formula is C22H26N2O2. The van der Waals surface area contributed by atoms with Crippen LogP contribution in [0, 0.1) is 0 Å². The molecule has 0 saturated carbocycles. The number of amides is 3. The van der Waals surface area contributed by atoms with Gasteiger partial charge in [-0.3, -0.25) is 10.1 Å². The van der Waals surface area contributed by atoms with E-state index in [-0.39, 0.29) is 18.0 Å². The van der Waals surface area contributed by atoms with E-state index in [0.717, 1.165) is 24.8 Å². The van der Waals surface area contributed by atoms with Crippen molar-refractivity contribution < 1.29 is 9.59 Å². The lowest BCUT2D eigenvalue weighted by atomic mass is 9.89. The summed E-state index contributed by atoms with van der Waals surface area (Å²) in [4.78, 5) is 27.0. The topological polar surface area (TPSA) is 49.4 Å². The fourth-order valence-corrected chi connectivity index (χ4v) is 3.87. The predicted molar refractivity (Wildman–Crippen MR) is 103 cm³/mol. The second kappa shape index (κ2) is 7.73. The molecule has 0 radical (unpaired) electrons. The molecule has 3 amide bonds. The molecule has 0 spiro atoms. The van der Waals surface area contributed by atoms with Gasteiger partial charge >= 0.3 is 6.03 Å². The normalized spacial score (nSPS) is 20.9. The molecule has 1 saturated heterocycles. The lowest BCUT2D eigenvalue weighted by Gasteiger charge is -2.38. The molecule has 2 aromatic carbocycles. The van der Waals surface area contributed by atoms with Gasteiger partial charge in [-0.05, 0) is 43.7 Å². The zero-order valence-corrected chi connectivity index (χ0v) is 15.4.